The summed E-state index contributed by atoms with van der Waals surface area (Å²) in [6.07, 6.45) is 1.02. The molecule has 1 fully saturated rings. The number of hydrogen-bond acceptors (Lipinski definition) is 5. The summed E-state index contributed by atoms with van der Waals surface area (Å²) >= 11 is 0. The molecule has 1 aliphatic heterocycles. The lowest BCUT2D eigenvalue weighted by Crippen LogP contribution is -2.44. The van der Waals surface area contributed by atoms with Gasteiger partial charge in [0.1, 0.15) is 17.2 Å². The summed E-state index contributed by atoms with van der Waals surface area (Å²) in [6.45, 7) is 5.13. The van der Waals surface area contributed by atoms with E-state index in [2.05, 4.69) is 26.6 Å². The fraction of sp³-hybridized carbons (Fsp3) is 0.435. The van der Waals surface area contributed by atoms with Gasteiger partial charge in [0.15, 0.2) is 5.96 Å². The van der Waals surface area contributed by atoms with Crippen molar-refractivity contribution in [3.8, 4) is 17.2 Å². The molecule has 0 bridgehead atoms. The second-order valence-electron chi connectivity index (χ2n) is 7.11. The molecule has 2 aromatic rings. The number of methoxy groups -OCH3 is 2. The molecule has 1 unspecified atom stereocenters. The Morgan fingerprint density at radius 1 is 1.13 bits per heavy atom. The largest absolute Gasteiger partial charge is 0.497 e. The lowest BCUT2D eigenvalue weighted by Gasteiger charge is -2.21. The SMILES string of the molecule is CCOc1ccccc1CNC(=NC)NC1CCN(c2cc(OC)cc(OC)c2)C1.I. The van der Waals surface area contributed by atoms with Crippen LogP contribution in [0.1, 0.15) is 18.9 Å². The summed E-state index contributed by atoms with van der Waals surface area (Å²) < 4.78 is 16.5. The van der Waals surface area contributed by atoms with Crippen molar-refractivity contribution in [2.24, 2.45) is 4.99 Å². The number of rotatable bonds is 8. The number of guanidine groups is 1. The number of aliphatic imine (C=N–C) groups is 1. The van der Waals surface area contributed by atoms with Crippen LogP contribution in [0.25, 0.3) is 0 Å². The van der Waals surface area contributed by atoms with Crippen LogP contribution in [0, 0.1) is 0 Å². The molecule has 7 nitrogen and oxygen atoms in total. The van der Waals surface area contributed by atoms with E-state index in [4.69, 9.17) is 14.2 Å². The molecule has 0 aromatic heterocycles. The lowest BCUT2D eigenvalue weighted by atomic mass is 10.2. The summed E-state index contributed by atoms with van der Waals surface area (Å²) in [5.74, 6) is 3.29. The first-order chi connectivity index (χ1) is 14.7. The average Bonchev–Trinajstić information content (AvgIpc) is 3.26. The van der Waals surface area contributed by atoms with Gasteiger partial charge < -0.3 is 29.7 Å². The van der Waals surface area contributed by atoms with Crippen molar-refractivity contribution in [3.05, 3.63) is 48.0 Å². The predicted molar refractivity (Wildman–Crippen MR) is 137 cm³/mol. The fourth-order valence-electron chi connectivity index (χ4n) is 3.60. The smallest absolute Gasteiger partial charge is 0.191 e. The molecule has 8 heteroatoms. The van der Waals surface area contributed by atoms with Crippen LogP contribution in [0.2, 0.25) is 0 Å². The van der Waals surface area contributed by atoms with Gasteiger partial charge in [0.25, 0.3) is 0 Å². The average molecular weight is 540 g/mol. The van der Waals surface area contributed by atoms with Gasteiger partial charge in [-0.2, -0.15) is 0 Å². The topological polar surface area (TPSA) is 67.4 Å². The Bertz CT molecular complexity index is 840. The third kappa shape index (κ3) is 6.81. The molecule has 1 heterocycles. The van der Waals surface area contributed by atoms with Crippen LogP contribution in [0.3, 0.4) is 0 Å². The monoisotopic (exact) mass is 540 g/mol. The molecule has 1 aliphatic rings. The number of ether oxygens (including phenoxy) is 3. The Hall–Kier alpha value is -2.36. The van der Waals surface area contributed by atoms with E-state index in [0.29, 0.717) is 19.2 Å². The van der Waals surface area contributed by atoms with Crippen molar-refractivity contribution in [2.45, 2.75) is 25.9 Å². The first-order valence-electron chi connectivity index (χ1n) is 10.3. The molecule has 1 atom stereocenters. The van der Waals surface area contributed by atoms with Crippen LogP contribution in [-0.2, 0) is 6.54 Å². The Labute approximate surface area is 202 Å². The van der Waals surface area contributed by atoms with Gasteiger partial charge in [-0.05, 0) is 19.4 Å². The van der Waals surface area contributed by atoms with Crippen molar-refractivity contribution in [3.63, 3.8) is 0 Å². The summed E-state index contributed by atoms with van der Waals surface area (Å²) in [6, 6.07) is 14.4. The van der Waals surface area contributed by atoms with Crippen LogP contribution < -0.4 is 29.7 Å². The van der Waals surface area contributed by atoms with Gasteiger partial charge in [0.2, 0.25) is 0 Å². The Morgan fingerprint density at radius 3 is 2.48 bits per heavy atom. The van der Waals surface area contributed by atoms with Gasteiger partial charge in [-0.1, -0.05) is 18.2 Å². The maximum Gasteiger partial charge on any atom is 0.191 e. The molecule has 3 rings (SSSR count). The highest BCUT2D eigenvalue weighted by Gasteiger charge is 2.24. The molecule has 0 amide bonds. The molecular weight excluding hydrogens is 507 g/mol. The van der Waals surface area contributed by atoms with E-state index in [-0.39, 0.29) is 24.0 Å². The number of halogens is 1. The Balaban J connectivity index is 0.00000341. The van der Waals surface area contributed by atoms with E-state index >= 15 is 0 Å². The van der Waals surface area contributed by atoms with Crippen molar-refractivity contribution in [1.82, 2.24) is 10.6 Å². The van der Waals surface area contributed by atoms with E-state index < -0.39 is 0 Å². The first-order valence-corrected chi connectivity index (χ1v) is 10.3. The molecule has 0 spiro atoms. The molecule has 2 aromatic carbocycles. The van der Waals surface area contributed by atoms with Crippen LogP contribution in [-0.4, -0.2) is 53.0 Å². The summed E-state index contributed by atoms with van der Waals surface area (Å²) in [4.78, 5) is 6.72. The quantitative estimate of drug-likeness (QED) is 0.303. The molecular formula is C23H33IN4O3. The first kappa shape index (κ1) is 24.9. The van der Waals surface area contributed by atoms with E-state index in [1.807, 2.05) is 43.3 Å². The number of nitrogens with zero attached hydrogens (tertiary/aromatic N) is 2. The molecule has 2 N–H and O–H groups in total. The highest BCUT2D eigenvalue weighted by Crippen LogP contribution is 2.30. The summed E-state index contributed by atoms with van der Waals surface area (Å²) in [7, 11) is 5.14. The normalized spacial score (nSPS) is 15.8. The molecule has 1 saturated heterocycles. The Kier molecular flexibility index (Phi) is 10.0. The van der Waals surface area contributed by atoms with Gasteiger partial charge in [-0.15, -0.1) is 24.0 Å². The van der Waals surface area contributed by atoms with Crippen LogP contribution >= 0.6 is 24.0 Å². The zero-order valence-corrected chi connectivity index (χ0v) is 21.0. The number of para-hydroxylation sites is 1. The molecule has 170 valence electrons. The van der Waals surface area contributed by atoms with E-state index in [1.54, 1.807) is 21.3 Å². The highest BCUT2D eigenvalue weighted by molar-refractivity contribution is 14.0. The van der Waals surface area contributed by atoms with E-state index in [0.717, 1.165) is 54.0 Å². The molecule has 0 aliphatic carbocycles. The zero-order chi connectivity index (χ0) is 21.3. The van der Waals surface area contributed by atoms with Gasteiger partial charge in [0.05, 0.1) is 20.8 Å². The second kappa shape index (κ2) is 12.5. The maximum atomic E-state index is 5.71. The second-order valence-corrected chi connectivity index (χ2v) is 7.11. The molecule has 0 saturated carbocycles. The van der Waals surface area contributed by atoms with Crippen molar-refractivity contribution in [2.75, 3.05) is 45.9 Å². The highest BCUT2D eigenvalue weighted by atomic mass is 127. The molecule has 31 heavy (non-hydrogen) atoms. The van der Waals surface area contributed by atoms with Crippen LogP contribution in [0.5, 0.6) is 17.2 Å². The lowest BCUT2D eigenvalue weighted by molar-refractivity contribution is 0.336. The maximum absolute atomic E-state index is 5.71. The Morgan fingerprint density at radius 2 is 1.84 bits per heavy atom. The number of anilines is 1. The molecule has 0 radical (unpaired) electrons. The van der Waals surface area contributed by atoms with Crippen LogP contribution in [0.4, 0.5) is 5.69 Å². The predicted octanol–water partition coefficient (Wildman–Crippen LogP) is 3.66. The van der Waals surface area contributed by atoms with Crippen molar-refractivity contribution < 1.29 is 14.2 Å². The van der Waals surface area contributed by atoms with Gasteiger partial charge in [0, 0.05) is 62.2 Å². The third-order valence-corrected chi connectivity index (χ3v) is 5.17. The number of hydrogen-bond donors (Lipinski definition) is 2. The summed E-state index contributed by atoms with van der Waals surface area (Å²) in [5, 5.41) is 6.94. The van der Waals surface area contributed by atoms with Crippen molar-refractivity contribution >= 4 is 35.6 Å². The van der Waals surface area contributed by atoms with E-state index in [1.165, 1.54) is 0 Å². The minimum atomic E-state index is 0. The minimum absolute atomic E-state index is 0. The van der Waals surface area contributed by atoms with Gasteiger partial charge >= 0.3 is 0 Å². The van der Waals surface area contributed by atoms with Gasteiger partial charge in [-0.3, -0.25) is 4.99 Å². The third-order valence-electron chi connectivity index (χ3n) is 5.17. The van der Waals surface area contributed by atoms with Crippen molar-refractivity contribution in [1.29, 1.82) is 0 Å². The van der Waals surface area contributed by atoms with Gasteiger partial charge in [-0.25, -0.2) is 0 Å². The summed E-state index contributed by atoms with van der Waals surface area (Å²) in [5.41, 5.74) is 2.21. The van der Waals surface area contributed by atoms with Crippen LogP contribution in [0.15, 0.2) is 47.5 Å². The fourth-order valence-corrected chi connectivity index (χ4v) is 3.60. The van der Waals surface area contributed by atoms with E-state index in [9.17, 15) is 0 Å². The standard InChI is InChI=1S/C23H32N4O3.HI/c1-5-30-22-9-7-6-8-17(22)15-25-23(24-2)26-18-10-11-27(16-18)19-12-20(28-3)14-21(13-19)29-4;/h6-9,12-14,18H,5,10-11,15-16H2,1-4H3,(H2,24,25,26);1H. The minimum Gasteiger partial charge on any atom is -0.497 e. The number of benzene rings is 2. The zero-order valence-electron chi connectivity index (χ0n) is 18.7. The number of nitrogens with one attached hydrogen (secondary N) is 2.